The number of rotatable bonds is 1. The molecule has 0 radical (unpaired) electrons. The van der Waals surface area contributed by atoms with Crippen LogP contribution in [0.5, 0.6) is 0 Å². The van der Waals surface area contributed by atoms with Crippen LogP contribution in [0.1, 0.15) is 11.1 Å². The van der Waals surface area contributed by atoms with Gasteiger partial charge in [-0.25, -0.2) is 4.98 Å². The van der Waals surface area contributed by atoms with Crippen molar-refractivity contribution in [3.8, 4) is 11.9 Å². The van der Waals surface area contributed by atoms with Crippen molar-refractivity contribution in [2.45, 2.75) is 6.18 Å². The van der Waals surface area contributed by atoms with Crippen LogP contribution in [-0.4, -0.2) is 9.55 Å². The Morgan fingerprint density at radius 2 is 2.00 bits per heavy atom. The number of fused-ring (bicyclic) bond motifs is 1. The summed E-state index contributed by atoms with van der Waals surface area (Å²) in [5, 5.41) is 9.64. The molecule has 0 aliphatic heterocycles. The zero-order chi connectivity index (χ0) is 15.9. The van der Waals surface area contributed by atoms with E-state index in [-0.39, 0.29) is 10.8 Å². The molecule has 0 aliphatic rings. The lowest BCUT2D eigenvalue weighted by molar-refractivity contribution is -0.137. The van der Waals surface area contributed by atoms with E-state index >= 15 is 0 Å². The minimum Gasteiger partial charge on any atom is -0.300 e. The van der Waals surface area contributed by atoms with Gasteiger partial charge in [-0.1, -0.05) is 17.7 Å². The van der Waals surface area contributed by atoms with Crippen molar-refractivity contribution in [2.75, 3.05) is 0 Å². The summed E-state index contributed by atoms with van der Waals surface area (Å²) in [6, 6.07) is 9.69. The third-order valence-corrected chi connectivity index (χ3v) is 3.51. The highest BCUT2D eigenvalue weighted by molar-refractivity contribution is 6.32. The van der Waals surface area contributed by atoms with Crippen molar-refractivity contribution < 1.29 is 13.2 Å². The molecule has 0 bridgehead atoms. The van der Waals surface area contributed by atoms with Gasteiger partial charge in [0.25, 0.3) is 0 Å². The normalized spacial score (nSPS) is 11.6. The summed E-state index contributed by atoms with van der Waals surface area (Å²) in [4.78, 5) is 3.82. The first kappa shape index (κ1) is 14.4. The molecule has 0 spiro atoms. The summed E-state index contributed by atoms with van der Waals surface area (Å²) < 4.78 is 39.5. The molecule has 0 amide bonds. The number of nitriles is 1. The fraction of sp³-hybridized carbons (Fsp3) is 0.0667. The molecule has 0 aliphatic carbocycles. The molecule has 3 nitrogen and oxygen atoms in total. The SMILES string of the molecule is N#Cc1cccc2c1ccn2-c1ncc(C(F)(F)F)cc1Cl. The maximum atomic E-state index is 12.7. The van der Waals surface area contributed by atoms with Crippen LogP contribution < -0.4 is 0 Å². The molecule has 1 aromatic carbocycles. The Hall–Kier alpha value is -2.52. The summed E-state index contributed by atoms with van der Waals surface area (Å²) in [5.74, 6) is 0.180. The Morgan fingerprint density at radius 1 is 1.23 bits per heavy atom. The quantitative estimate of drug-likeness (QED) is 0.659. The minimum absolute atomic E-state index is 0.116. The standard InChI is InChI=1S/C15H7ClF3N3/c16-12-6-10(15(17,18)19)8-21-14(12)22-5-4-11-9(7-20)2-1-3-13(11)22/h1-6,8H. The first-order valence-electron chi connectivity index (χ1n) is 6.15. The van der Waals surface area contributed by atoms with E-state index < -0.39 is 11.7 Å². The Kier molecular flexibility index (Phi) is 3.30. The molecule has 110 valence electrons. The van der Waals surface area contributed by atoms with E-state index in [9.17, 15) is 13.2 Å². The largest absolute Gasteiger partial charge is 0.417 e. The lowest BCUT2D eigenvalue weighted by Gasteiger charge is -2.10. The topological polar surface area (TPSA) is 41.6 Å². The summed E-state index contributed by atoms with van der Waals surface area (Å²) in [6.07, 6.45) is -2.14. The van der Waals surface area contributed by atoms with Gasteiger partial charge >= 0.3 is 6.18 Å². The summed E-state index contributed by atoms with van der Waals surface area (Å²) in [5.41, 5.74) is 0.211. The van der Waals surface area contributed by atoms with Gasteiger partial charge in [-0.3, -0.25) is 4.57 Å². The van der Waals surface area contributed by atoms with E-state index in [1.54, 1.807) is 35.0 Å². The number of aromatic nitrogens is 2. The molecule has 2 heterocycles. The fourth-order valence-corrected chi connectivity index (χ4v) is 2.47. The van der Waals surface area contributed by atoms with Gasteiger partial charge in [0.2, 0.25) is 0 Å². The molecular weight excluding hydrogens is 315 g/mol. The number of hydrogen-bond acceptors (Lipinski definition) is 2. The van der Waals surface area contributed by atoms with Gasteiger partial charge in [-0.2, -0.15) is 18.4 Å². The first-order chi connectivity index (χ1) is 10.4. The second-order valence-electron chi connectivity index (χ2n) is 4.56. The molecule has 0 saturated heterocycles. The van der Waals surface area contributed by atoms with Crippen molar-refractivity contribution >= 4 is 22.5 Å². The number of benzene rings is 1. The van der Waals surface area contributed by atoms with Gasteiger partial charge in [-0.05, 0) is 24.3 Å². The number of nitrogens with zero attached hydrogens (tertiary/aromatic N) is 3. The van der Waals surface area contributed by atoms with Crippen LogP contribution in [0.2, 0.25) is 5.02 Å². The third kappa shape index (κ3) is 2.30. The van der Waals surface area contributed by atoms with Crippen LogP contribution in [0.15, 0.2) is 42.7 Å². The summed E-state index contributed by atoms with van der Waals surface area (Å²) in [6.45, 7) is 0. The van der Waals surface area contributed by atoms with Gasteiger partial charge in [0, 0.05) is 17.8 Å². The lowest BCUT2D eigenvalue weighted by Crippen LogP contribution is -2.07. The Bertz CT molecular complexity index is 907. The van der Waals surface area contributed by atoms with Crippen LogP contribution in [-0.2, 0) is 6.18 Å². The molecular formula is C15H7ClF3N3. The molecule has 0 fully saturated rings. The van der Waals surface area contributed by atoms with Crippen LogP contribution >= 0.6 is 11.6 Å². The van der Waals surface area contributed by atoms with Gasteiger partial charge < -0.3 is 0 Å². The Morgan fingerprint density at radius 3 is 2.64 bits per heavy atom. The molecule has 0 unspecified atom stereocenters. The molecule has 0 N–H and O–H groups in total. The van der Waals surface area contributed by atoms with Crippen LogP contribution in [0.4, 0.5) is 13.2 Å². The highest BCUT2D eigenvalue weighted by Gasteiger charge is 2.31. The molecule has 3 aromatic rings. The van der Waals surface area contributed by atoms with E-state index in [1.807, 2.05) is 0 Å². The Labute approximate surface area is 128 Å². The van der Waals surface area contributed by atoms with Crippen molar-refractivity contribution in [2.24, 2.45) is 0 Å². The zero-order valence-electron chi connectivity index (χ0n) is 10.9. The van der Waals surface area contributed by atoms with Crippen molar-refractivity contribution in [1.82, 2.24) is 9.55 Å². The predicted octanol–water partition coefficient (Wildman–Crippen LogP) is 4.57. The lowest BCUT2D eigenvalue weighted by atomic mass is 10.1. The first-order valence-corrected chi connectivity index (χ1v) is 6.53. The highest BCUT2D eigenvalue weighted by atomic mass is 35.5. The van der Waals surface area contributed by atoms with Crippen LogP contribution in [0.25, 0.3) is 16.7 Å². The van der Waals surface area contributed by atoms with E-state index in [1.165, 1.54) is 0 Å². The van der Waals surface area contributed by atoms with Crippen molar-refractivity contribution in [1.29, 1.82) is 5.26 Å². The second-order valence-corrected chi connectivity index (χ2v) is 4.97. The molecule has 0 saturated carbocycles. The molecule has 3 rings (SSSR count). The van der Waals surface area contributed by atoms with E-state index in [0.29, 0.717) is 16.5 Å². The summed E-state index contributed by atoms with van der Waals surface area (Å²) >= 11 is 5.95. The minimum atomic E-state index is -4.50. The average Bonchev–Trinajstić information content (AvgIpc) is 2.90. The number of halogens is 4. The van der Waals surface area contributed by atoms with Gasteiger partial charge in [-0.15, -0.1) is 0 Å². The molecule has 0 atom stereocenters. The molecule has 22 heavy (non-hydrogen) atoms. The van der Waals surface area contributed by atoms with Crippen LogP contribution in [0.3, 0.4) is 0 Å². The maximum Gasteiger partial charge on any atom is 0.417 e. The smallest absolute Gasteiger partial charge is 0.300 e. The van der Waals surface area contributed by atoms with Gasteiger partial charge in [0.15, 0.2) is 5.82 Å². The van der Waals surface area contributed by atoms with E-state index in [0.717, 1.165) is 12.3 Å². The number of hydrogen-bond donors (Lipinski definition) is 0. The van der Waals surface area contributed by atoms with Gasteiger partial charge in [0.1, 0.15) is 0 Å². The number of alkyl halides is 3. The third-order valence-electron chi connectivity index (χ3n) is 3.23. The second kappa shape index (κ2) is 5.04. The Balaban J connectivity index is 2.19. The monoisotopic (exact) mass is 321 g/mol. The van der Waals surface area contributed by atoms with E-state index in [4.69, 9.17) is 16.9 Å². The average molecular weight is 322 g/mol. The zero-order valence-corrected chi connectivity index (χ0v) is 11.7. The summed E-state index contributed by atoms with van der Waals surface area (Å²) in [7, 11) is 0. The van der Waals surface area contributed by atoms with E-state index in [2.05, 4.69) is 11.1 Å². The number of pyridine rings is 1. The molecule has 7 heteroatoms. The maximum absolute atomic E-state index is 12.7. The predicted molar refractivity (Wildman–Crippen MR) is 75.8 cm³/mol. The molecule has 2 aromatic heterocycles. The highest BCUT2D eigenvalue weighted by Crippen LogP contribution is 2.33. The fourth-order valence-electron chi connectivity index (χ4n) is 2.21. The van der Waals surface area contributed by atoms with Crippen molar-refractivity contribution in [3.05, 3.63) is 58.9 Å². The van der Waals surface area contributed by atoms with Gasteiger partial charge in [0.05, 0.1) is 27.7 Å². The van der Waals surface area contributed by atoms with Crippen molar-refractivity contribution in [3.63, 3.8) is 0 Å². The van der Waals surface area contributed by atoms with Crippen LogP contribution in [0, 0.1) is 11.3 Å².